The average Bonchev–Trinajstić information content (AvgIpc) is 2.39. The van der Waals surface area contributed by atoms with Gasteiger partial charge in [-0.25, -0.2) is 0 Å². The number of rotatable bonds is 4. The number of hydrogen-bond donors (Lipinski definition) is 1. The normalized spacial score (nSPS) is 10.1. The highest BCUT2D eigenvalue weighted by molar-refractivity contribution is 5.44. The van der Waals surface area contributed by atoms with Crippen molar-refractivity contribution < 1.29 is 9.47 Å². The summed E-state index contributed by atoms with van der Waals surface area (Å²) < 4.78 is 10.9. The minimum atomic E-state index is 0.316. The van der Waals surface area contributed by atoms with E-state index in [1.165, 1.54) is 18.0 Å². The number of anilines is 1. The number of ether oxygens (including phenoxy) is 2. The molecule has 0 amide bonds. The Kier molecular flexibility index (Phi) is 3.62. The number of hydrogen-bond acceptors (Lipinski definition) is 5. The maximum atomic E-state index is 5.60. The van der Waals surface area contributed by atoms with Crippen LogP contribution in [0.4, 0.5) is 5.82 Å². The van der Waals surface area contributed by atoms with Crippen molar-refractivity contribution in [3.63, 3.8) is 0 Å². The first-order valence-corrected chi connectivity index (χ1v) is 5.65. The Bertz CT molecular complexity index is 544. The highest BCUT2D eigenvalue weighted by Crippen LogP contribution is 2.31. The van der Waals surface area contributed by atoms with Crippen LogP contribution in [0.25, 0.3) is 0 Å². The molecule has 0 aliphatic heterocycles. The molecule has 0 atom stereocenters. The first kappa shape index (κ1) is 12.2. The average molecular weight is 245 g/mol. The van der Waals surface area contributed by atoms with Crippen molar-refractivity contribution in [3.8, 4) is 17.4 Å². The number of aromatic nitrogens is 2. The molecule has 0 aliphatic carbocycles. The van der Waals surface area contributed by atoms with Crippen LogP contribution in [0.2, 0.25) is 0 Å². The Labute approximate surface area is 106 Å². The van der Waals surface area contributed by atoms with E-state index in [-0.39, 0.29) is 0 Å². The van der Waals surface area contributed by atoms with Gasteiger partial charge in [-0.2, -0.15) is 4.98 Å². The van der Waals surface area contributed by atoms with Gasteiger partial charge in [-0.15, -0.1) is 0 Å². The van der Waals surface area contributed by atoms with Crippen LogP contribution in [0.5, 0.6) is 17.4 Å². The van der Waals surface area contributed by atoms with Gasteiger partial charge in [-0.3, -0.25) is 4.98 Å². The zero-order valence-electron chi connectivity index (χ0n) is 10.4. The van der Waals surface area contributed by atoms with Gasteiger partial charge in [0.15, 0.2) is 11.5 Å². The van der Waals surface area contributed by atoms with Crippen LogP contribution in [0.1, 0.15) is 12.5 Å². The fraction of sp³-hybridized carbons (Fsp3) is 0.231. The lowest BCUT2D eigenvalue weighted by Crippen LogP contribution is -1.96. The molecule has 0 fully saturated rings. The predicted molar refractivity (Wildman–Crippen MR) is 68.9 cm³/mol. The molecule has 2 rings (SSSR count). The molecule has 18 heavy (non-hydrogen) atoms. The van der Waals surface area contributed by atoms with Crippen molar-refractivity contribution >= 4 is 5.82 Å². The fourth-order valence-corrected chi connectivity index (χ4v) is 1.54. The van der Waals surface area contributed by atoms with Gasteiger partial charge in [-0.1, -0.05) is 13.0 Å². The third-order valence-electron chi connectivity index (χ3n) is 2.48. The van der Waals surface area contributed by atoms with E-state index >= 15 is 0 Å². The Hall–Kier alpha value is -2.30. The number of methoxy groups -OCH3 is 1. The minimum Gasteiger partial charge on any atom is -0.493 e. The Morgan fingerprint density at radius 1 is 1.22 bits per heavy atom. The molecule has 5 heteroatoms. The molecule has 1 heterocycles. The van der Waals surface area contributed by atoms with Crippen molar-refractivity contribution in [2.45, 2.75) is 13.3 Å². The molecule has 0 radical (unpaired) electrons. The molecule has 0 aliphatic rings. The Morgan fingerprint density at radius 2 is 2.06 bits per heavy atom. The number of nitrogens with two attached hydrogens (primary N) is 1. The van der Waals surface area contributed by atoms with Crippen LogP contribution in [-0.4, -0.2) is 17.1 Å². The monoisotopic (exact) mass is 245 g/mol. The van der Waals surface area contributed by atoms with Crippen LogP contribution in [-0.2, 0) is 6.42 Å². The second kappa shape index (κ2) is 5.35. The van der Waals surface area contributed by atoms with Crippen LogP contribution in [0.15, 0.2) is 30.6 Å². The van der Waals surface area contributed by atoms with Crippen LogP contribution in [0, 0.1) is 0 Å². The van der Waals surface area contributed by atoms with E-state index in [1.807, 2.05) is 18.2 Å². The van der Waals surface area contributed by atoms with Gasteiger partial charge in [0.2, 0.25) is 5.88 Å². The van der Waals surface area contributed by atoms with E-state index in [4.69, 9.17) is 15.2 Å². The molecule has 2 N–H and O–H groups in total. The van der Waals surface area contributed by atoms with E-state index in [2.05, 4.69) is 16.9 Å². The van der Waals surface area contributed by atoms with Gasteiger partial charge in [0, 0.05) is 0 Å². The van der Waals surface area contributed by atoms with Gasteiger partial charge >= 0.3 is 0 Å². The molecule has 1 aromatic heterocycles. The molecule has 2 aromatic rings. The lowest BCUT2D eigenvalue weighted by Gasteiger charge is -2.10. The first-order valence-electron chi connectivity index (χ1n) is 5.65. The molecule has 5 nitrogen and oxygen atoms in total. The Balaban J connectivity index is 2.28. The van der Waals surface area contributed by atoms with E-state index in [1.54, 1.807) is 7.11 Å². The second-order valence-corrected chi connectivity index (χ2v) is 3.72. The molecule has 0 saturated heterocycles. The summed E-state index contributed by atoms with van der Waals surface area (Å²) in [5.74, 6) is 1.92. The predicted octanol–water partition coefficient (Wildman–Crippen LogP) is 2.42. The Morgan fingerprint density at radius 3 is 2.72 bits per heavy atom. The molecular weight excluding hydrogens is 230 g/mol. The summed E-state index contributed by atoms with van der Waals surface area (Å²) in [6, 6.07) is 5.77. The third kappa shape index (κ3) is 2.68. The van der Waals surface area contributed by atoms with Crippen molar-refractivity contribution in [2.75, 3.05) is 12.8 Å². The molecular formula is C13H15N3O2. The van der Waals surface area contributed by atoms with Gasteiger partial charge in [0.25, 0.3) is 0 Å². The van der Waals surface area contributed by atoms with Crippen molar-refractivity contribution in [1.29, 1.82) is 0 Å². The molecule has 0 unspecified atom stereocenters. The topological polar surface area (TPSA) is 70.3 Å². The highest BCUT2D eigenvalue weighted by atomic mass is 16.5. The van der Waals surface area contributed by atoms with Gasteiger partial charge in [0.1, 0.15) is 5.82 Å². The van der Waals surface area contributed by atoms with Crippen LogP contribution >= 0.6 is 0 Å². The second-order valence-electron chi connectivity index (χ2n) is 3.72. The lowest BCUT2D eigenvalue weighted by molar-refractivity contribution is 0.373. The quantitative estimate of drug-likeness (QED) is 0.895. The summed E-state index contributed by atoms with van der Waals surface area (Å²) in [5, 5.41) is 0. The third-order valence-corrected chi connectivity index (χ3v) is 2.48. The zero-order chi connectivity index (χ0) is 13.0. The van der Waals surface area contributed by atoms with Gasteiger partial charge in [-0.05, 0) is 24.1 Å². The summed E-state index contributed by atoms with van der Waals surface area (Å²) in [7, 11) is 1.60. The number of nitrogens with zero attached hydrogens (tertiary/aromatic N) is 2. The first-order chi connectivity index (χ1) is 8.72. The summed E-state index contributed by atoms with van der Waals surface area (Å²) in [6.07, 6.45) is 3.91. The standard InChI is InChI=1S/C13H15N3O2/c1-3-9-4-5-10(11(6-9)17-2)18-13-8-15-7-12(14)16-13/h4-8H,3H2,1-2H3,(H2,14,16). The maximum Gasteiger partial charge on any atom is 0.239 e. The van der Waals surface area contributed by atoms with E-state index in [0.29, 0.717) is 23.2 Å². The molecule has 0 bridgehead atoms. The van der Waals surface area contributed by atoms with E-state index < -0.39 is 0 Å². The maximum absolute atomic E-state index is 5.60. The lowest BCUT2D eigenvalue weighted by atomic mass is 10.1. The number of benzene rings is 1. The van der Waals surface area contributed by atoms with Gasteiger partial charge in [0.05, 0.1) is 19.5 Å². The van der Waals surface area contributed by atoms with E-state index in [9.17, 15) is 0 Å². The minimum absolute atomic E-state index is 0.316. The molecule has 1 aromatic carbocycles. The van der Waals surface area contributed by atoms with Crippen molar-refractivity contribution in [2.24, 2.45) is 0 Å². The van der Waals surface area contributed by atoms with Crippen LogP contribution < -0.4 is 15.2 Å². The fourth-order valence-electron chi connectivity index (χ4n) is 1.54. The molecule has 0 spiro atoms. The van der Waals surface area contributed by atoms with Crippen molar-refractivity contribution in [1.82, 2.24) is 9.97 Å². The largest absolute Gasteiger partial charge is 0.493 e. The van der Waals surface area contributed by atoms with E-state index in [0.717, 1.165) is 6.42 Å². The number of nitrogen functional groups attached to an aromatic ring is 1. The highest BCUT2D eigenvalue weighted by Gasteiger charge is 2.07. The SMILES string of the molecule is CCc1ccc(Oc2cncc(N)n2)c(OC)c1. The van der Waals surface area contributed by atoms with Gasteiger partial charge < -0.3 is 15.2 Å². The van der Waals surface area contributed by atoms with Crippen molar-refractivity contribution in [3.05, 3.63) is 36.2 Å². The molecule has 0 saturated carbocycles. The zero-order valence-corrected chi connectivity index (χ0v) is 10.4. The number of aryl methyl sites for hydroxylation is 1. The van der Waals surface area contributed by atoms with Crippen LogP contribution in [0.3, 0.4) is 0 Å². The smallest absolute Gasteiger partial charge is 0.239 e. The summed E-state index contributed by atoms with van der Waals surface area (Å²) in [4.78, 5) is 7.94. The summed E-state index contributed by atoms with van der Waals surface area (Å²) >= 11 is 0. The summed E-state index contributed by atoms with van der Waals surface area (Å²) in [6.45, 7) is 2.08. The summed E-state index contributed by atoms with van der Waals surface area (Å²) in [5.41, 5.74) is 6.72. The molecule has 94 valence electrons.